The summed E-state index contributed by atoms with van der Waals surface area (Å²) in [7, 11) is 0. The van der Waals surface area contributed by atoms with Crippen molar-refractivity contribution in [3.8, 4) is 0 Å². The molecule has 0 amide bonds. The van der Waals surface area contributed by atoms with Crippen LogP contribution in [-0.4, -0.2) is 6.21 Å². The Labute approximate surface area is 54.4 Å². The normalized spacial score (nSPS) is 9.75. The third kappa shape index (κ3) is 5.44. The Bertz CT molecular complexity index is 119. The van der Waals surface area contributed by atoms with Crippen molar-refractivity contribution in [2.45, 2.75) is 6.92 Å². The second-order valence-electron chi connectivity index (χ2n) is 1.44. The van der Waals surface area contributed by atoms with Crippen LogP contribution in [0.25, 0.3) is 0 Å². The van der Waals surface area contributed by atoms with Crippen LogP contribution < -0.4 is 0 Å². The number of hydrogen-bond donors (Lipinski definition) is 0. The average Bonchev–Trinajstić information content (AvgIpc) is 1.61. The lowest BCUT2D eigenvalue weighted by molar-refractivity contribution is 1.34. The lowest BCUT2D eigenvalue weighted by Crippen LogP contribution is -1.69. The van der Waals surface area contributed by atoms with Gasteiger partial charge in [-0.15, -0.1) is 0 Å². The molecule has 0 rings (SSSR count). The maximum absolute atomic E-state index is 5.34. The maximum atomic E-state index is 5.34. The molecule has 0 aromatic heterocycles. The molecule has 2 heteroatoms. The summed E-state index contributed by atoms with van der Waals surface area (Å²) in [5, 5.41) is 0.424. The van der Waals surface area contributed by atoms with Crippen molar-refractivity contribution in [1.29, 1.82) is 0 Å². The molecule has 1 nitrogen and oxygen atoms in total. The van der Waals surface area contributed by atoms with Crippen LogP contribution >= 0.6 is 11.6 Å². The summed E-state index contributed by atoms with van der Waals surface area (Å²) in [5.74, 6) is 0. The Morgan fingerprint density at radius 2 is 2.12 bits per heavy atom. The number of aliphatic imine (C=N–C) groups is 1. The largest absolute Gasteiger partial charge is 0.261 e. The van der Waals surface area contributed by atoms with Gasteiger partial charge in [-0.2, -0.15) is 0 Å². The minimum atomic E-state index is 0.424. The summed E-state index contributed by atoms with van der Waals surface area (Å²) in [6.45, 7) is 8.72. The molecule has 0 fully saturated rings. The van der Waals surface area contributed by atoms with E-state index in [1.165, 1.54) is 6.21 Å². The molecule has 0 N–H and O–H groups in total. The van der Waals surface area contributed by atoms with Crippen LogP contribution in [0.3, 0.4) is 0 Å². The summed E-state index contributed by atoms with van der Waals surface area (Å²) in [6.07, 6.45) is 1.46. The fourth-order valence-corrected chi connectivity index (χ4v) is 0.229. The van der Waals surface area contributed by atoms with E-state index in [9.17, 15) is 0 Å². The van der Waals surface area contributed by atoms with E-state index in [-0.39, 0.29) is 0 Å². The quantitative estimate of drug-likeness (QED) is 0.508. The van der Waals surface area contributed by atoms with Crippen LogP contribution in [0.15, 0.2) is 28.9 Å². The zero-order chi connectivity index (χ0) is 6.57. The summed E-state index contributed by atoms with van der Waals surface area (Å²) in [4.78, 5) is 3.77. The van der Waals surface area contributed by atoms with Crippen LogP contribution in [0, 0.1) is 0 Å². The molecule has 0 bridgehead atoms. The molecule has 0 aliphatic carbocycles. The molecule has 0 spiro atoms. The lowest BCUT2D eigenvalue weighted by atomic mass is 10.6. The first kappa shape index (κ1) is 7.44. The highest BCUT2D eigenvalue weighted by atomic mass is 35.5. The van der Waals surface area contributed by atoms with Crippen LogP contribution in [0.5, 0.6) is 0 Å². The molecule has 44 valence electrons. The topological polar surface area (TPSA) is 12.4 Å². The van der Waals surface area contributed by atoms with E-state index in [0.29, 0.717) is 5.03 Å². The highest BCUT2D eigenvalue weighted by Gasteiger charge is 1.75. The van der Waals surface area contributed by atoms with Crippen molar-refractivity contribution in [3.63, 3.8) is 0 Å². The number of halogens is 1. The van der Waals surface area contributed by atoms with Gasteiger partial charge in [0.15, 0.2) is 0 Å². The summed E-state index contributed by atoms with van der Waals surface area (Å²) in [6, 6.07) is 0. The molecule has 0 aromatic carbocycles. The third-order valence-electron chi connectivity index (χ3n) is 0.425. The Hall–Kier alpha value is -0.560. The zero-order valence-corrected chi connectivity index (χ0v) is 5.57. The number of rotatable bonds is 2. The molecule has 0 unspecified atom stereocenters. The third-order valence-corrected chi connectivity index (χ3v) is 0.523. The van der Waals surface area contributed by atoms with Gasteiger partial charge in [0.05, 0.1) is 5.03 Å². The van der Waals surface area contributed by atoms with Gasteiger partial charge in [-0.3, -0.25) is 4.99 Å². The minimum Gasteiger partial charge on any atom is -0.261 e. The van der Waals surface area contributed by atoms with Crippen LogP contribution in [0.1, 0.15) is 6.92 Å². The van der Waals surface area contributed by atoms with Crippen LogP contribution in [0.2, 0.25) is 0 Å². The zero-order valence-electron chi connectivity index (χ0n) is 4.82. The average molecular weight is 130 g/mol. The van der Waals surface area contributed by atoms with E-state index in [1.807, 2.05) is 0 Å². The van der Waals surface area contributed by atoms with Gasteiger partial charge in [-0.25, -0.2) is 0 Å². The van der Waals surface area contributed by atoms with E-state index >= 15 is 0 Å². The molecule has 0 saturated carbocycles. The monoisotopic (exact) mass is 129 g/mol. The molecular formula is C6H8ClN. The standard InChI is InChI=1S/C6H8ClN/c1-5(2)8-4-6(3)7/h4H,1,3H2,2H3. The van der Waals surface area contributed by atoms with Gasteiger partial charge in [-0.1, -0.05) is 24.8 Å². The Balaban J connectivity index is 3.67. The van der Waals surface area contributed by atoms with Gasteiger partial charge in [0, 0.05) is 11.9 Å². The molecule has 8 heavy (non-hydrogen) atoms. The van der Waals surface area contributed by atoms with Crippen LogP contribution in [-0.2, 0) is 0 Å². The molecule has 0 heterocycles. The van der Waals surface area contributed by atoms with Crippen molar-refractivity contribution < 1.29 is 0 Å². The lowest BCUT2D eigenvalue weighted by Gasteiger charge is -1.82. The SMILES string of the molecule is C=C(Cl)C=NC(=C)C. The smallest absolute Gasteiger partial charge is 0.0517 e. The molecular weight excluding hydrogens is 122 g/mol. The van der Waals surface area contributed by atoms with E-state index in [4.69, 9.17) is 11.6 Å². The molecule has 0 aliphatic heterocycles. The molecule has 0 aliphatic rings. The van der Waals surface area contributed by atoms with Gasteiger partial charge in [0.1, 0.15) is 0 Å². The minimum absolute atomic E-state index is 0.424. The number of nitrogens with zero attached hydrogens (tertiary/aromatic N) is 1. The number of allylic oxidation sites excluding steroid dienone is 2. The fourth-order valence-electron chi connectivity index (χ4n) is 0.180. The number of hydrogen-bond acceptors (Lipinski definition) is 1. The summed E-state index contributed by atoms with van der Waals surface area (Å²) >= 11 is 5.34. The van der Waals surface area contributed by atoms with Gasteiger partial charge in [-0.05, 0) is 6.92 Å². The highest BCUT2D eigenvalue weighted by Crippen LogP contribution is 1.93. The van der Waals surface area contributed by atoms with Crippen molar-refractivity contribution in [2.75, 3.05) is 0 Å². The molecule has 0 aromatic rings. The molecule has 0 saturated heterocycles. The van der Waals surface area contributed by atoms with Crippen LogP contribution in [0.4, 0.5) is 0 Å². The highest BCUT2D eigenvalue weighted by molar-refractivity contribution is 6.38. The first-order chi connectivity index (χ1) is 3.63. The Kier molecular flexibility index (Phi) is 3.20. The molecule has 0 radical (unpaired) electrons. The first-order valence-corrected chi connectivity index (χ1v) is 2.54. The van der Waals surface area contributed by atoms with E-state index in [1.54, 1.807) is 6.92 Å². The van der Waals surface area contributed by atoms with E-state index < -0.39 is 0 Å². The summed E-state index contributed by atoms with van der Waals surface area (Å²) < 4.78 is 0. The Morgan fingerprint density at radius 3 is 2.25 bits per heavy atom. The van der Waals surface area contributed by atoms with Gasteiger partial charge < -0.3 is 0 Å². The van der Waals surface area contributed by atoms with Crippen molar-refractivity contribution in [3.05, 3.63) is 23.9 Å². The second kappa shape index (κ2) is 3.44. The van der Waals surface area contributed by atoms with Crippen molar-refractivity contribution in [2.24, 2.45) is 4.99 Å². The van der Waals surface area contributed by atoms with Gasteiger partial charge >= 0.3 is 0 Å². The fraction of sp³-hybridized carbons (Fsp3) is 0.167. The van der Waals surface area contributed by atoms with Gasteiger partial charge in [0.25, 0.3) is 0 Å². The van der Waals surface area contributed by atoms with E-state index in [2.05, 4.69) is 18.2 Å². The van der Waals surface area contributed by atoms with Crippen molar-refractivity contribution in [1.82, 2.24) is 0 Å². The predicted octanol–water partition coefficient (Wildman–Crippen LogP) is 2.34. The Morgan fingerprint density at radius 1 is 1.62 bits per heavy atom. The van der Waals surface area contributed by atoms with Crippen molar-refractivity contribution >= 4 is 17.8 Å². The molecule has 0 atom stereocenters. The maximum Gasteiger partial charge on any atom is 0.0517 e. The summed E-state index contributed by atoms with van der Waals surface area (Å²) in [5.41, 5.74) is 0.729. The predicted molar refractivity (Wildman–Crippen MR) is 38.3 cm³/mol. The second-order valence-corrected chi connectivity index (χ2v) is 1.93. The van der Waals surface area contributed by atoms with E-state index in [0.717, 1.165) is 5.70 Å². The first-order valence-electron chi connectivity index (χ1n) is 2.17. The van der Waals surface area contributed by atoms with Gasteiger partial charge in [0.2, 0.25) is 0 Å².